The maximum absolute atomic E-state index is 13.0. The van der Waals surface area contributed by atoms with Crippen LogP contribution in [0.25, 0.3) is 0 Å². The van der Waals surface area contributed by atoms with E-state index in [0.29, 0.717) is 42.3 Å². The molecule has 10 heteroatoms. The number of hydrogen-bond acceptors (Lipinski definition) is 7. The second-order valence-corrected chi connectivity index (χ2v) is 9.69. The summed E-state index contributed by atoms with van der Waals surface area (Å²) in [6, 6.07) is 12.6. The van der Waals surface area contributed by atoms with Crippen LogP contribution < -0.4 is 10.2 Å². The fourth-order valence-corrected chi connectivity index (χ4v) is 5.66. The number of hydrogen-bond donors (Lipinski definition) is 1. The highest BCUT2D eigenvalue weighted by Crippen LogP contribution is 2.26. The van der Waals surface area contributed by atoms with Gasteiger partial charge in [-0.3, -0.25) is 0 Å². The molecule has 0 unspecified atom stereocenters. The molecule has 0 aliphatic carbocycles. The molecule has 0 amide bonds. The van der Waals surface area contributed by atoms with Crippen LogP contribution in [0.2, 0.25) is 0 Å². The van der Waals surface area contributed by atoms with E-state index in [1.165, 1.54) is 10.6 Å². The van der Waals surface area contributed by atoms with Gasteiger partial charge < -0.3 is 10.2 Å². The summed E-state index contributed by atoms with van der Waals surface area (Å²) in [5, 5.41) is 3.18. The third-order valence-corrected chi connectivity index (χ3v) is 7.75. The van der Waals surface area contributed by atoms with E-state index in [0.717, 1.165) is 11.4 Å². The lowest BCUT2D eigenvalue weighted by molar-refractivity contribution is 0.383. The van der Waals surface area contributed by atoms with Crippen LogP contribution in [0, 0.1) is 6.92 Å². The van der Waals surface area contributed by atoms with Crippen LogP contribution in [0.5, 0.6) is 0 Å². The first kappa shape index (κ1) is 20.7. The fraction of sp³-hybridized carbons (Fsp3) is 0.250. The Hall–Kier alpha value is -2.56. The number of nitrogens with zero attached hydrogens (tertiary/aromatic N) is 5. The van der Waals surface area contributed by atoms with Gasteiger partial charge in [0.15, 0.2) is 0 Å². The minimum Gasteiger partial charge on any atom is -0.354 e. The molecule has 1 fully saturated rings. The summed E-state index contributed by atoms with van der Waals surface area (Å²) in [5.41, 5.74) is 1.10. The van der Waals surface area contributed by atoms with Crippen LogP contribution >= 0.6 is 15.9 Å². The quantitative estimate of drug-likeness (QED) is 0.589. The van der Waals surface area contributed by atoms with Crippen molar-refractivity contribution in [3.8, 4) is 0 Å². The summed E-state index contributed by atoms with van der Waals surface area (Å²) in [7, 11) is -3.54. The molecule has 1 aromatic carbocycles. The van der Waals surface area contributed by atoms with Crippen molar-refractivity contribution in [2.75, 3.05) is 36.4 Å². The van der Waals surface area contributed by atoms with E-state index >= 15 is 0 Å². The Bertz CT molecular complexity index is 1150. The topological polar surface area (TPSA) is 91.3 Å². The molecule has 0 radical (unpaired) electrons. The molecule has 0 atom stereocenters. The largest absolute Gasteiger partial charge is 0.354 e. The summed E-state index contributed by atoms with van der Waals surface area (Å²) in [6.45, 7) is 3.86. The Labute approximate surface area is 184 Å². The van der Waals surface area contributed by atoms with Crippen molar-refractivity contribution in [1.82, 2.24) is 19.3 Å². The van der Waals surface area contributed by atoms with E-state index in [1.807, 2.05) is 25.1 Å². The molecule has 30 heavy (non-hydrogen) atoms. The van der Waals surface area contributed by atoms with Crippen LogP contribution in [0.3, 0.4) is 0 Å². The van der Waals surface area contributed by atoms with Gasteiger partial charge in [0, 0.05) is 42.9 Å². The van der Waals surface area contributed by atoms with Gasteiger partial charge in [0.1, 0.15) is 23.8 Å². The molecular weight excluding hydrogens is 468 g/mol. The summed E-state index contributed by atoms with van der Waals surface area (Å²) < 4.78 is 28.0. The Morgan fingerprint density at radius 1 is 0.967 bits per heavy atom. The first-order valence-electron chi connectivity index (χ1n) is 9.45. The first-order valence-corrected chi connectivity index (χ1v) is 11.7. The van der Waals surface area contributed by atoms with Crippen molar-refractivity contribution >= 4 is 43.4 Å². The monoisotopic (exact) mass is 488 g/mol. The molecule has 8 nitrogen and oxygen atoms in total. The Morgan fingerprint density at radius 2 is 1.70 bits per heavy atom. The van der Waals surface area contributed by atoms with Gasteiger partial charge in [-0.1, -0.05) is 12.1 Å². The lowest BCUT2D eigenvalue weighted by Crippen LogP contribution is -2.49. The molecule has 1 aliphatic heterocycles. The van der Waals surface area contributed by atoms with Gasteiger partial charge in [0.2, 0.25) is 10.0 Å². The van der Waals surface area contributed by atoms with Crippen LogP contribution in [-0.2, 0) is 10.0 Å². The molecule has 1 aliphatic rings. The van der Waals surface area contributed by atoms with Crippen LogP contribution in [0.1, 0.15) is 5.56 Å². The van der Waals surface area contributed by atoms with Crippen LogP contribution in [-0.4, -0.2) is 53.9 Å². The van der Waals surface area contributed by atoms with Crippen molar-refractivity contribution in [3.63, 3.8) is 0 Å². The van der Waals surface area contributed by atoms with Gasteiger partial charge in [-0.15, -0.1) is 0 Å². The molecule has 1 saturated heterocycles. The minimum atomic E-state index is -3.54. The van der Waals surface area contributed by atoms with E-state index in [4.69, 9.17) is 0 Å². The molecule has 1 N–H and O–H groups in total. The van der Waals surface area contributed by atoms with Gasteiger partial charge in [-0.25, -0.2) is 23.4 Å². The average Bonchev–Trinajstić information content (AvgIpc) is 2.74. The molecule has 3 heterocycles. The standard InChI is InChI=1S/C20H21BrN6O2S/c1-15-6-7-22-18(12-15)25-19-13-20(24-14-23-19)26-8-10-27(11-9-26)30(28,29)17-5-3-2-4-16(17)21/h2-7,12-14H,8-11H2,1H3,(H,22,23,24,25). The molecule has 0 bridgehead atoms. The van der Waals surface area contributed by atoms with Gasteiger partial charge >= 0.3 is 0 Å². The van der Waals surface area contributed by atoms with Crippen LogP contribution in [0.4, 0.5) is 17.5 Å². The minimum absolute atomic E-state index is 0.289. The highest BCUT2D eigenvalue weighted by Gasteiger charge is 2.30. The Balaban J connectivity index is 1.45. The second-order valence-electron chi connectivity index (χ2n) is 6.93. The van der Waals surface area contributed by atoms with Gasteiger partial charge in [0.25, 0.3) is 0 Å². The molecule has 0 saturated carbocycles. The summed E-state index contributed by atoms with van der Waals surface area (Å²) >= 11 is 3.34. The number of nitrogens with one attached hydrogen (secondary N) is 1. The predicted molar refractivity (Wildman–Crippen MR) is 119 cm³/mol. The molecular formula is C20H21BrN6O2S. The van der Waals surface area contributed by atoms with Gasteiger partial charge in [-0.05, 0) is 52.7 Å². The number of piperazine rings is 1. The lowest BCUT2D eigenvalue weighted by Gasteiger charge is -2.34. The third kappa shape index (κ3) is 4.45. The highest BCUT2D eigenvalue weighted by atomic mass is 79.9. The van der Waals surface area contributed by atoms with Crippen LogP contribution in [0.15, 0.2) is 64.4 Å². The number of pyridine rings is 1. The third-order valence-electron chi connectivity index (χ3n) is 4.84. The van der Waals surface area contributed by atoms with E-state index in [1.54, 1.807) is 30.5 Å². The van der Waals surface area contributed by atoms with Crippen molar-refractivity contribution in [2.45, 2.75) is 11.8 Å². The smallest absolute Gasteiger partial charge is 0.244 e. The van der Waals surface area contributed by atoms with Crippen molar-refractivity contribution in [3.05, 3.63) is 65.0 Å². The Morgan fingerprint density at radius 3 is 2.43 bits per heavy atom. The fourth-order valence-electron chi connectivity index (χ4n) is 3.27. The zero-order valence-electron chi connectivity index (χ0n) is 16.4. The molecule has 0 spiro atoms. The van der Waals surface area contributed by atoms with E-state index in [2.05, 4.69) is 41.1 Å². The van der Waals surface area contributed by atoms with Gasteiger partial charge in [0.05, 0.1) is 4.90 Å². The number of benzene rings is 1. The van der Waals surface area contributed by atoms with Gasteiger partial charge in [-0.2, -0.15) is 4.31 Å². The number of halogens is 1. The molecule has 156 valence electrons. The summed E-state index contributed by atoms with van der Waals surface area (Å²) in [6.07, 6.45) is 3.24. The summed E-state index contributed by atoms with van der Waals surface area (Å²) in [5.74, 6) is 2.10. The lowest BCUT2D eigenvalue weighted by atomic mass is 10.3. The molecule has 2 aromatic heterocycles. The zero-order chi connectivity index (χ0) is 21.1. The summed E-state index contributed by atoms with van der Waals surface area (Å²) in [4.78, 5) is 15.3. The van der Waals surface area contributed by atoms with Crippen molar-refractivity contribution < 1.29 is 8.42 Å². The van der Waals surface area contributed by atoms with Crippen molar-refractivity contribution in [2.24, 2.45) is 0 Å². The number of rotatable bonds is 5. The maximum atomic E-state index is 13.0. The van der Waals surface area contributed by atoms with E-state index < -0.39 is 10.0 Å². The van der Waals surface area contributed by atoms with E-state index in [9.17, 15) is 8.42 Å². The second kappa shape index (κ2) is 8.66. The molecule has 4 rings (SSSR count). The first-order chi connectivity index (χ1) is 14.4. The number of sulfonamides is 1. The maximum Gasteiger partial charge on any atom is 0.244 e. The zero-order valence-corrected chi connectivity index (χ0v) is 18.8. The molecule has 3 aromatic rings. The SMILES string of the molecule is Cc1ccnc(Nc2cc(N3CCN(S(=O)(=O)c4ccccc4Br)CC3)ncn2)c1. The Kier molecular flexibility index (Phi) is 5.98. The van der Waals surface area contributed by atoms with Crippen molar-refractivity contribution in [1.29, 1.82) is 0 Å². The predicted octanol–water partition coefficient (Wildman–Crippen LogP) is 3.20. The normalized spacial score (nSPS) is 15.2. The number of aromatic nitrogens is 3. The van der Waals surface area contributed by atoms with E-state index in [-0.39, 0.29) is 4.90 Å². The number of anilines is 3. The average molecular weight is 489 g/mol. The highest BCUT2D eigenvalue weighted by molar-refractivity contribution is 9.10. The number of aryl methyl sites for hydroxylation is 1.